The predicted octanol–water partition coefficient (Wildman–Crippen LogP) is 14.4. The minimum absolute atomic E-state index is 0.614. The van der Waals surface area contributed by atoms with Gasteiger partial charge in [-0.2, -0.15) is 0 Å². The highest BCUT2D eigenvalue weighted by Crippen LogP contribution is 2.40. The number of rotatable bonds is 6. The molecule has 3 nitrogen and oxygen atoms in total. The SMILES string of the molecule is c1ccc(-c2ccccc2-c2ccc(-n3c4ccccc4c4ccccc43)cc2)c(-c2ccc(-c3nc4c(-c5ccc6ccccc6c5)cccc4o3)cc2)c1. The van der Waals surface area contributed by atoms with Crippen LogP contribution in [0.1, 0.15) is 0 Å². The molecule has 0 saturated heterocycles. The lowest BCUT2D eigenvalue weighted by Gasteiger charge is -2.15. The Hall–Kier alpha value is -7.49. The molecule has 0 radical (unpaired) electrons. The second-order valence-corrected chi connectivity index (χ2v) is 14.3. The molecule has 262 valence electrons. The molecule has 0 saturated carbocycles. The Kier molecular flexibility index (Phi) is 7.49. The number of hydrogen-bond acceptors (Lipinski definition) is 2. The quantitative estimate of drug-likeness (QED) is 0.172. The Morgan fingerprint density at radius 3 is 1.52 bits per heavy atom. The third-order valence-electron chi connectivity index (χ3n) is 11.1. The summed E-state index contributed by atoms with van der Waals surface area (Å²) in [4.78, 5) is 5.04. The Morgan fingerprint density at radius 2 is 0.857 bits per heavy atom. The third kappa shape index (κ3) is 5.32. The van der Waals surface area contributed by atoms with E-state index in [9.17, 15) is 0 Å². The first-order chi connectivity index (χ1) is 27.8. The van der Waals surface area contributed by atoms with Gasteiger partial charge >= 0.3 is 0 Å². The molecule has 11 aromatic rings. The molecular formula is C53H34N2O. The lowest BCUT2D eigenvalue weighted by Crippen LogP contribution is -1.94. The minimum Gasteiger partial charge on any atom is -0.436 e. The summed E-state index contributed by atoms with van der Waals surface area (Å²) in [6.07, 6.45) is 0. The fourth-order valence-electron chi connectivity index (χ4n) is 8.38. The van der Waals surface area contributed by atoms with Crippen molar-refractivity contribution >= 4 is 43.7 Å². The van der Waals surface area contributed by atoms with E-state index in [1.54, 1.807) is 0 Å². The first-order valence-corrected chi connectivity index (χ1v) is 19.0. The molecule has 0 fully saturated rings. The maximum absolute atomic E-state index is 6.37. The van der Waals surface area contributed by atoms with Gasteiger partial charge in [-0.05, 0) is 98.2 Å². The van der Waals surface area contributed by atoms with E-state index >= 15 is 0 Å². The van der Waals surface area contributed by atoms with Gasteiger partial charge in [-0.15, -0.1) is 0 Å². The van der Waals surface area contributed by atoms with Gasteiger partial charge in [0.1, 0.15) is 5.52 Å². The molecule has 0 atom stereocenters. The van der Waals surface area contributed by atoms with Gasteiger partial charge < -0.3 is 8.98 Å². The number of benzene rings is 9. The molecule has 9 aromatic carbocycles. The molecule has 0 aliphatic rings. The zero-order valence-corrected chi connectivity index (χ0v) is 30.4. The highest BCUT2D eigenvalue weighted by Gasteiger charge is 2.17. The molecular weight excluding hydrogens is 681 g/mol. The van der Waals surface area contributed by atoms with Crippen molar-refractivity contribution < 1.29 is 4.42 Å². The van der Waals surface area contributed by atoms with Gasteiger partial charge in [0, 0.05) is 27.6 Å². The molecule has 0 unspecified atom stereocenters. The normalized spacial score (nSPS) is 11.6. The fourth-order valence-corrected chi connectivity index (χ4v) is 8.38. The van der Waals surface area contributed by atoms with Gasteiger partial charge in [0.25, 0.3) is 0 Å². The molecule has 2 aromatic heterocycles. The van der Waals surface area contributed by atoms with Crippen molar-refractivity contribution in [2.75, 3.05) is 0 Å². The van der Waals surface area contributed by atoms with E-state index in [1.807, 2.05) is 12.1 Å². The standard InChI is InChI=1S/C53H34N2O/c1-2-13-39-34-40(29-24-35(39)12-1)44-20-11-23-51-52(44)54-53(56-51)38-27-25-36(26-28-38)42-14-3-5-16-45(42)46-17-6-4-15-43(46)37-30-32-41(33-31-37)55-49-21-9-7-18-47(49)48-19-8-10-22-50(48)55/h1-34H. The zero-order valence-electron chi connectivity index (χ0n) is 30.4. The first-order valence-electron chi connectivity index (χ1n) is 19.0. The van der Waals surface area contributed by atoms with Crippen molar-refractivity contribution in [3.8, 4) is 61.6 Å². The molecule has 0 aliphatic heterocycles. The summed E-state index contributed by atoms with van der Waals surface area (Å²) in [5.41, 5.74) is 15.4. The smallest absolute Gasteiger partial charge is 0.227 e. The second kappa shape index (κ2) is 13.1. The maximum Gasteiger partial charge on any atom is 0.227 e. The molecule has 0 aliphatic carbocycles. The van der Waals surface area contributed by atoms with Crippen LogP contribution in [0.5, 0.6) is 0 Å². The largest absolute Gasteiger partial charge is 0.436 e. The zero-order chi connectivity index (χ0) is 37.0. The van der Waals surface area contributed by atoms with Gasteiger partial charge in [-0.1, -0.05) is 158 Å². The van der Waals surface area contributed by atoms with Crippen LogP contribution in [0.4, 0.5) is 0 Å². The highest BCUT2D eigenvalue weighted by atomic mass is 16.3. The van der Waals surface area contributed by atoms with Crippen LogP contribution in [0, 0.1) is 0 Å². The second-order valence-electron chi connectivity index (χ2n) is 14.3. The monoisotopic (exact) mass is 714 g/mol. The number of para-hydroxylation sites is 3. The van der Waals surface area contributed by atoms with Crippen molar-refractivity contribution in [1.82, 2.24) is 9.55 Å². The summed E-state index contributed by atoms with van der Waals surface area (Å²) in [6, 6.07) is 73.4. The van der Waals surface area contributed by atoms with Crippen molar-refractivity contribution in [2.24, 2.45) is 0 Å². The summed E-state index contributed by atoms with van der Waals surface area (Å²) in [5, 5.41) is 4.96. The van der Waals surface area contributed by atoms with E-state index in [1.165, 1.54) is 60.4 Å². The number of aromatic nitrogens is 2. The van der Waals surface area contributed by atoms with E-state index in [2.05, 4.69) is 199 Å². The van der Waals surface area contributed by atoms with Crippen LogP contribution in [0.15, 0.2) is 211 Å². The van der Waals surface area contributed by atoms with Crippen LogP contribution >= 0.6 is 0 Å². The number of fused-ring (bicyclic) bond motifs is 5. The van der Waals surface area contributed by atoms with Crippen LogP contribution in [-0.2, 0) is 0 Å². The fraction of sp³-hybridized carbons (Fsp3) is 0. The summed E-state index contributed by atoms with van der Waals surface area (Å²) in [5.74, 6) is 0.614. The molecule has 56 heavy (non-hydrogen) atoms. The minimum atomic E-state index is 0.614. The van der Waals surface area contributed by atoms with Crippen molar-refractivity contribution in [3.63, 3.8) is 0 Å². The Balaban J connectivity index is 0.928. The third-order valence-corrected chi connectivity index (χ3v) is 11.1. The molecule has 3 heteroatoms. The molecule has 0 amide bonds. The Bertz CT molecular complexity index is 3190. The van der Waals surface area contributed by atoms with Crippen LogP contribution in [-0.4, -0.2) is 9.55 Å². The van der Waals surface area contributed by atoms with Crippen molar-refractivity contribution in [3.05, 3.63) is 206 Å². The van der Waals surface area contributed by atoms with Gasteiger partial charge in [0.2, 0.25) is 5.89 Å². The first kappa shape index (κ1) is 32.0. The van der Waals surface area contributed by atoms with E-state index in [4.69, 9.17) is 9.40 Å². The van der Waals surface area contributed by atoms with Crippen LogP contribution in [0.3, 0.4) is 0 Å². The molecule has 11 rings (SSSR count). The highest BCUT2D eigenvalue weighted by molar-refractivity contribution is 6.09. The maximum atomic E-state index is 6.37. The number of oxazole rings is 1. The van der Waals surface area contributed by atoms with Crippen LogP contribution in [0.2, 0.25) is 0 Å². The van der Waals surface area contributed by atoms with Crippen molar-refractivity contribution in [2.45, 2.75) is 0 Å². The van der Waals surface area contributed by atoms with E-state index in [0.29, 0.717) is 5.89 Å². The summed E-state index contributed by atoms with van der Waals surface area (Å²) in [7, 11) is 0. The van der Waals surface area contributed by atoms with Crippen molar-refractivity contribution in [1.29, 1.82) is 0 Å². The van der Waals surface area contributed by atoms with E-state index in [-0.39, 0.29) is 0 Å². The Morgan fingerprint density at radius 1 is 0.357 bits per heavy atom. The summed E-state index contributed by atoms with van der Waals surface area (Å²) in [6.45, 7) is 0. The lowest BCUT2D eigenvalue weighted by molar-refractivity contribution is 0.620. The lowest BCUT2D eigenvalue weighted by atomic mass is 9.89. The van der Waals surface area contributed by atoms with Crippen LogP contribution in [0.25, 0.3) is 105 Å². The van der Waals surface area contributed by atoms with E-state index < -0.39 is 0 Å². The summed E-state index contributed by atoms with van der Waals surface area (Å²) >= 11 is 0. The molecule has 0 N–H and O–H groups in total. The molecule has 0 bridgehead atoms. The number of nitrogens with zero attached hydrogens (tertiary/aromatic N) is 2. The van der Waals surface area contributed by atoms with Gasteiger partial charge in [0.05, 0.1) is 11.0 Å². The predicted molar refractivity (Wildman–Crippen MR) is 233 cm³/mol. The van der Waals surface area contributed by atoms with E-state index in [0.717, 1.165) is 39.0 Å². The van der Waals surface area contributed by atoms with Gasteiger partial charge in [-0.25, -0.2) is 4.98 Å². The van der Waals surface area contributed by atoms with Gasteiger partial charge in [0.15, 0.2) is 5.58 Å². The topological polar surface area (TPSA) is 31.0 Å². The Labute approximate surface area is 324 Å². The van der Waals surface area contributed by atoms with Gasteiger partial charge in [-0.3, -0.25) is 0 Å². The average Bonchev–Trinajstić information content (AvgIpc) is 3.86. The molecule has 2 heterocycles. The average molecular weight is 715 g/mol. The van der Waals surface area contributed by atoms with Crippen LogP contribution < -0.4 is 0 Å². The summed E-state index contributed by atoms with van der Waals surface area (Å²) < 4.78 is 8.73. The number of hydrogen-bond donors (Lipinski definition) is 0. The molecule has 0 spiro atoms.